The number of nitrogens with one attached hydrogen (secondary N) is 1. The molecule has 198 valence electrons. The largest absolute Gasteiger partial charge is 0.456 e. The number of nitrogens with zero attached hydrogens (tertiary/aromatic N) is 4. The van der Waals surface area contributed by atoms with Gasteiger partial charge < -0.3 is 24.3 Å². The van der Waals surface area contributed by atoms with Gasteiger partial charge in [0.2, 0.25) is 0 Å². The minimum atomic E-state index is -2.16. The molecule has 5 heterocycles. The molecule has 2 unspecified atom stereocenters. The SMILES string of the molecule is CS(C)(=O)=NCc1ccc(-c2ccc(-c3nc4nc(OC5CO[C@@H]6C(O)CO[C@H]56)[nH]c4cc3Cl)cc2)cn1. The summed E-state index contributed by atoms with van der Waals surface area (Å²) < 4.78 is 33.1. The summed E-state index contributed by atoms with van der Waals surface area (Å²) in [6.07, 6.45) is 3.26. The molecular weight excluding hydrogens is 530 g/mol. The molecule has 4 aromatic rings. The van der Waals surface area contributed by atoms with Crippen molar-refractivity contribution in [3.8, 4) is 28.4 Å². The van der Waals surface area contributed by atoms with Gasteiger partial charge in [-0.25, -0.2) is 9.35 Å². The molecule has 2 aliphatic rings. The van der Waals surface area contributed by atoms with Gasteiger partial charge in [0.05, 0.1) is 41.7 Å². The normalized spacial score (nSPS) is 23.1. The highest BCUT2D eigenvalue weighted by molar-refractivity contribution is 7.92. The van der Waals surface area contributed by atoms with E-state index in [0.29, 0.717) is 41.0 Å². The molecule has 2 N–H and O–H groups in total. The number of rotatable bonds is 6. The van der Waals surface area contributed by atoms with E-state index in [1.54, 1.807) is 24.8 Å². The molecule has 0 spiro atoms. The van der Waals surface area contributed by atoms with Crippen LogP contribution in [0.2, 0.25) is 5.02 Å². The van der Waals surface area contributed by atoms with Gasteiger partial charge in [0.15, 0.2) is 11.8 Å². The van der Waals surface area contributed by atoms with Crippen molar-refractivity contribution in [1.82, 2.24) is 19.9 Å². The number of aromatic nitrogens is 4. The van der Waals surface area contributed by atoms with Crippen LogP contribution in [0.1, 0.15) is 5.69 Å². The summed E-state index contributed by atoms with van der Waals surface area (Å²) in [6, 6.07) is 13.8. The molecule has 1 aromatic carbocycles. The van der Waals surface area contributed by atoms with Crippen LogP contribution in [0.15, 0.2) is 53.0 Å². The van der Waals surface area contributed by atoms with Crippen molar-refractivity contribution in [3.63, 3.8) is 0 Å². The van der Waals surface area contributed by atoms with Crippen LogP contribution < -0.4 is 4.74 Å². The highest BCUT2D eigenvalue weighted by Gasteiger charge is 2.48. The van der Waals surface area contributed by atoms with Crippen molar-refractivity contribution in [2.24, 2.45) is 4.36 Å². The fourth-order valence-electron chi connectivity index (χ4n) is 4.57. The molecule has 6 rings (SSSR count). The van der Waals surface area contributed by atoms with Crippen molar-refractivity contribution in [2.75, 3.05) is 25.7 Å². The van der Waals surface area contributed by atoms with Gasteiger partial charge in [-0.15, -0.1) is 0 Å². The fraction of sp³-hybridized carbons (Fsp3) is 0.346. The number of pyridine rings is 2. The topological polar surface area (TPSA) is 132 Å². The van der Waals surface area contributed by atoms with Gasteiger partial charge in [-0.3, -0.25) is 9.19 Å². The zero-order valence-electron chi connectivity index (χ0n) is 20.7. The van der Waals surface area contributed by atoms with Crippen LogP contribution >= 0.6 is 11.6 Å². The predicted molar refractivity (Wildman–Crippen MR) is 144 cm³/mol. The number of halogens is 1. The van der Waals surface area contributed by atoms with E-state index in [0.717, 1.165) is 22.4 Å². The lowest BCUT2D eigenvalue weighted by molar-refractivity contribution is 0.00706. The van der Waals surface area contributed by atoms with Gasteiger partial charge in [0.25, 0.3) is 6.01 Å². The molecule has 3 aromatic heterocycles. The number of imidazole rings is 1. The van der Waals surface area contributed by atoms with Crippen molar-refractivity contribution >= 4 is 32.5 Å². The third-order valence-corrected chi connectivity index (χ3v) is 7.54. The summed E-state index contributed by atoms with van der Waals surface area (Å²) in [7, 11) is -2.16. The number of aliphatic hydroxyl groups excluding tert-OH is 1. The Bertz CT molecular complexity index is 1590. The van der Waals surface area contributed by atoms with Gasteiger partial charge in [0, 0.05) is 39.6 Å². The Morgan fingerprint density at radius 3 is 2.55 bits per heavy atom. The van der Waals surface area contributed by atoms with Crippen LogP contribution in [0.5, 0.6) is 6.01 Å². The lowest BCUT2D eigenvalue weighted by Gasteiger charge is -2.15. The number of benzene rings is 1. The molecule has 0 radical (unpaired) electrons. The second-order valence-corrected chi connectivity index (χ2v) is 12.7. The van der Waals surface area contributed by atoms with Gasteiger partial charge in [-0.1, -0.05) is 41.9 Å². The molecule has 2 aliphatic heterocycles. The molecule has 0 bridgehead atoms. The Balaban J connectivity index is 1.19. The molecule has 0 saturated carbocycles. The Hall–Kier alpha value is -3.09. The van der Waals surface area contributed by atoms with Gasteiger partial charge in [-0.2, -0.15) is 4.98 Å². The van der Waals surface area contributed by atoms with Crippen LogP contribution in [-0.4, -0.2) is 79.4 Å². The maximum atomic E-state index is 11.8. The van der Waals surface area contributed by atoms with Crippen molar-refractivity contribution in [3.05, 3.63) is 59.4 Å². The summed E-state index contributed by atoms with van der Waals surface area (Å²) in [6.45, 7) is 0.862. The molecule has 4 atom stereocenters. The number of hydrogen-bond donors (Lipinski definition) is 2. The summed E-state index contributed by atoms with van der Waals surface area (Å²) in [5.41, 5.74) is 5.27. The molecule has 12 heteroatoms. The van der Waals surface area contributed by atoms with E-state index in [2.05, 4.69) is 24.3 Å². The zero-order chi connectivity index (χ0) is 26.4. The predicted octanol–water partition coefficient (Wildman–Crippen LogP) is 3.47. The molecule has 2 saturated heterocycles. The first-order chi connectivity index (χ1) is 18.2. The van der Waals surface area contributed by atoms with Crippen molar-refractivity contribution in [2.45, 2.75) is 31.0 Å². The summed E-state index contributed by atoms with van der Waals surface area (Å²) in [4.78, 5) is 16.7. The van der Waals surface area contributed by atoms with Crippen molar-refractivity contribution in [1.29, 1.82) is 0 Å². The van der Waals surface area contributed by atoms with Crippen LogP contribution in [0, 0.1) is 0 Å². The van der Waals surface area contributed by atoms with E-state index < -0.39 is 15.8 Å². The lowest BCUT2D eigenvalue weighted by atomic mass is 10.0. The third-order valence-electron chi connectivity index (χ3n) is 6.50. The standard InChI is InChI=1S/C26H26ClN5O5S/c1-38(2,34)29-11-17-8-7-16(10-28-17)14-3-5-15(6-4-14)22-18(27)9-19-25(31-22)32-26(30-19)37-21-13-36-23-20(33)12-35-24(21)23/h3-10,20-21,23-24,33H,11-13H2,1-2H3,(H,30,31,32)/t20?,21?,23-,24-/m1/s1. The van der Waals surface area contributed by atoms with E-state index in [-0.39, 0.29) is 24.9 Å². The van der Waals surface area contributed by atoms with Crippen LogP contribution in [0.4, 0.5) is 0 Å². The second kappa shape index (κ2) is 9.90. The summed E-state index contributed by atoms with van der Waals surface area (Å²) >= 11 is 6.58. The van der Waals surface area contributed by atoms with E-state index >= 15 is 0 Å². The average Bonchev–Trinajstić information content (AvgIpc) is 3.59. The van der Waals surface area contributed by atoms with Crippen molar-refractivity contribution < 1.29 is 23.5 Å². The Labute approximate surface area is 224 Å². The van der Waals surface area contributed by atoms with Gasteiger partial charge >= 0.3 is 0 Å². The highest BCUT2D eigenvalue weighted by Crippen LogP contribution is 2.33. The number of H-pyrrole nitrogens is 1. The Morgan fingerprint density at radius 1 is 1.08 bits per heavy atom. The monoisotopic (exact) mass is 555 g/mol. The first kappa shape index (κ1) is 25.2. The number of aromatic amines is 1. The maximum absolute atomic E-state index is 11.8. The maximum Gasteiger partial charge on any atom is 0.296 e. The number of hydrogen-bond acceptors (Lipinski definition) is 9. The van der Waals surface area contributed by atoms with Gasteiger partial charge in [0.1, 0.15) is 18.3 Å². The molecular formula is C26H26ClN5O5S. The molecule has 38 heavy (non-hydrogen) atoms. The first-order valence-electron chi connectivity index (χ1n) is 12.1. The quantitative estimate of drug-likeness (QED) is 0.369. The Kier molecular flexibility index (Phi) is 6.57. The number of aliphatic hydroxyl groups is 1. The van der Waals surface area contributed by atoms with E-state index in [1.807, 2.05) is 36.4 Å². The second-order valence-electron chi connectivity index (χ2n) is 9.64. The minimum absolute atomic E-state index is 0.231. The van der Waals surface area contributed by atoms with E-state index in [1.165, 1.54) is 0 Å². The molecule has 10 nitrogen and oxygen atoms in total. The van der Waals surface area contributed by atoms with Crippen LogP contribution in [0.25, 0.3) is 33.5 Å². The lowest BCUT2D eigenvalue weighted by Crippen LogP contribution is -2.34. The average molecular weight is 556 g/mol. The summed E-state index contributed by atoms with van der Waals surface area (Å²) in [5, 5.41) is 10.4. The van der Waals surface area contributed by atoms with E-state index in [4.69, 9.17) is 25.8 Å². The zero-order valence-corrected chi connectivity index (χ0v) is 22.3. The fourth-order valence-corrected chi connectivity index (χ4v) is 5.28. The van der Waals surface area contributed by atoms with Gasteiger partial charge in [-0.05, 0) is 17.7 Å². The van der Waals surface area contributed by atoms with Crippen LogP contribution in [-0.2, 0) is 25.7 Å². The number of fused-ring (bicyclic) bond motifs is 2. The third kappa shape index (κ3) is 5.12. The first-order valence-corrected chi connectivity index (χ1v) is 14.8. The highest BCUT2D eigenvalue weighted by atomic mass is 35.5. The molecule has 0 aliphatic carbocycles. The van der Waals surface area contributed by atoms with Crippen LogP contribution in [0.3, 0.4) is 0 Å². The molecule has 2 fully saturated rings. The smallest absolute Gasteiger partial charge is 0.296 e. The number of ether oxygens (including phenoxy) is 3. The minimum Gasteiger partial charge on any atom is -0.456 e. The Morgan fingerprint density at radius 2 is 1.82 bits per heavy atom. The summed E-state index contributed by atoms with van der Waals surface area (Å²) in [5.74, 6) is 0. The van der Waals surface area contributed by atoms with E-state index in [9.17, 15) is 9.32 Å². The molecule has 0 amide bonds.